The van der Waals surface area contributed by atoms with Crippen molar-refractivity contribution in [3.8, 4) is 0 Å². The second kappa shape index (κ2) is 11.4. The second-order valence-electron chi connectivity index (χ2n) is 7.73. The van der Waals surface area contributed by atoms with Crippen molar-refractivity contribution < 1.29 is 28.6 Å². The molecule has 0 bridgehead atoms. The summed E-state index contributed by atoms with van der Waals surface area (Å²) in [7, 11) is 0. The van der Waals surface area contributed by atoms with Crippen molar-refractivity contribution in [2.75, 3.05) is 39.5 Å². The molecule has 0 aliphatic carbocycles. The first-order valence-corrected chi connectivity index (χ1v) is 10.4. The van der Waals surface area contributed by atoms with Gasteiger partial charge in [-0.25, -0.2) is 4.39 Å². The van der Waals surface area contributed by atoms with Crippen LogP contribution in [-0.2, 0) is 25.6 Å². The number of amides is 2. The maximum absolute atomic E-state index is 13.2. The van der Waals surface area contributed by atoms with Crippen molar-refractivity contribution in [3.63, 3.8) is 0 Å². The molecule has 3 atom stereocenters. The fourth-order valence-electron chi connectivity index (χ4n) is 3.79. The summed E-state index contributed by atoms with van der Waals surface area (Å²) in [5, 5.41) is 15.4. The van der Waals surface area contributed by atoms with Crippen molar-refractivity contribution in [3.05, 3.63) is 35.6 Å². The molecule has 8 nitrogen and oxygen atoms in total. The highest BCUT2D eigenvalue weighted by molar-refractivity contribution is 5.78. The quantitative estimate of drug-likeness (QED) is 0.552. The lowest BCUT2D eigenvalue weighted by molar-refractivity contribution is -0.136. The van der Waals surface area contributed by atoms with Crippen molar-refractivity contribution >= 4 is 11.8 Å². The number of nitrogens with zero attached hydrogens (tertiary/aromatic N) is 1. The minimum atomic E-state index is -0.548. The highest BCUT2D eigenvalue weighted by Gasteiger charge is 2.33. The zero-order valence-corrected chi connectivity index (χ0v) is 17.0. The van der Waals surface area contributed by atoms with E-state index in [1.807, 2.05) is 4.90 Å². The summed E-state index contributed by atoms with van der Waals surface area (Å²) in [6.45, 7) is 3.01. The van der Waals surface area contributed by atoms with Crippen LogP contribution in [0.25, 0.3) is 0 Å². The minimum Gasteiger partial charge on any atom is -0.394 e. The van der Waals surface area contributed by atoms with E-state index in [0.717, 1.165) is 13.1 Å². The maximum atomic E-state index is 13.2. The zero-order chi connectivity index (χ0) is 21.3. The highest BCUT2D eigenvalue weighted by atomic mass is 19.1. The summed E-state index contributed by atoms with van der Waals surface area (Å²) in [5.41, 5.74) is 0.684. The van der Waals surface area contributed by atoms with E-state index in [0.29, 0.717) is 38.2 Å². The van der Waals surface area contributed by atoms with Crippen LogP contribution < -0.4 is 10.6 Å². The lowest BCUT2D eigenvalue weighted by Crippen LogP contribution is -2.53. The lowest BCUT2D eigenvalue weighted by Gasteiger charge is -2.36. The Labute approximate surface area is 175 Å². The maximum Gasteiger partial charge on any atom is 0.234 e. The average molecular weight is 423 g/mol. The summed E-state index contributed by atoms with van der Waals surface area (Å²) in [4.78, 5) is 26.6. The molecule has 9 heteroatoms. The molecule has 0 radical (unpaired) electrons. The van der Waals surface area contributed by atoms with Crippen LogP contribution in [-0.4, -0.2) is 79.5 Å². The molecule has 2 fully saturated rings. The molecular weight excluding hydrogens is 393 g/mol. The van der Waals surface area contributed by atoms with Gasteiger partial charge in [0.25, 0.3) is 0 Å². The summed E-state index contributed by atoms with van der Waals surface area (Å²) in [6.07, 6.45) is 0.504. The number of halogens is 1. The molecule has 3 N–H and O–H groups in total. The fourth-order valence-corrected chi connectivity index (χ4v) is 3.79. The Bertz CT molecular complexity index is 714. The van der Waals surface area contributed by atoms with Gasteiger partial charge in [0, 0.05) is 19.6 Å². The SMILES string of the molecule is O=C(C[C@@H]1CC[C@H](NC(=O)CN2CCOCC2)[C@H](CO)O1)NCc1cccc(F)c1. The third-order valence-corrected chi connectivity index (χ3v) is 5.40. The van der Waals surface area contributed by atoms with Crippen LogP contribution in [0, 0.1) is 5.82 Å². The predicted octanol–water partition coefficient (Wildman–Crippen LogP) is 0.189. The molecule has 2 heterocycles. The van der Waals surface area contributed by atoms with E-state index in [9.17, 15) is 19.1 Å². The number of morpholine rings is 1. The smallest absolute Gasteiger partial charge is 0.234 e. The van der Waals surface area contributed by atoms with Gasteiger partial charge in [-0.15, -0.1) is 0 Å². The number of carbonyl (C=O) groups is 2. The topological polar surface area (TPSA) is 100 Å². The van der Waals surface area contributed by atoms with Gasteiger partial charge in [0.2, 0.25) is 11.8 Å². The van der Waals surface area contributed by atoms with Gasteiger partial charge in [0.15, 0.2) is 0 Å². The second-order valence-corrected chi connectivity index (χ2v) is 7.73. The first-order chi connectivity index (χ1) is 14.5. The minimum absolute atomic E-state index is 0.102. The Morgan fingerprint density at radius 1 is 1.20 bits per heavy atom. The Morgan fingerprint density at radius 3 is 2.73 bits per heavy atom. The van der Waals surface area contributed by atoms with Crippen LogP contribution in [0.4, 0.5) is 4.39 Å². The van der Waals surface area contributed by atoms with E-state index in [2.05, 4.69) is 10.6 Å². The predicted molar refractivity (Wildman–Crippen MR) is 107 cm³/mol. The van der Waals surface area contributed by atoms with Gasteiger partial charge in [-0.3, -0.25) is 14.5 Å². The van der Waals surface area contributed by atoms with Crippen LogP contribution in [0.15, 0.2) is 24.3 Å². The third kappa shape index (κ3) is 7.02. The van der Waals surface area contributed by atoms with E-state index in [-0.39, 0.29) is 49.3 Å². The standard InChI is InChI=1S/C21H30FN3O5/c22-16-3-1-2-15(10-16)12-23-20(27)11-17-4-5-18(19(14-26)30-17)24-21(28)13-25-6-8-29-9-7-25/h1-3,10,17-19,26H,4-9,11-14H2,(H,23,27)(H,24,28)/t17-,18-,19-/m0/s1. The fraction of sp³-hybridized carbons (Fsp3) is 0.619. The number of hydrogen-bond acceptors (Lipinski definition) is 6. The first-order valence-electron chi connectivity index (χ1n) is 10.4. The van der Waals surface area contributed by atoms with Crippen LogP contribution in [0.5, 0.6) is 0 Å². The molecular formula is C21H30FN3O5. The monoisotopic (exact) mass is 423 g/mol. The van der Waals surface area contributed by atoms with Gasteiger partial charge in [-0.1, -0.05) is 12.1 Å². The molecule has 0 unspecified atom stereocenters. The van der Waals surface area contributed by atoms with Crippen LogP contribution in [0.1, 0.15) is 24.8 Å². The highest BCUT2D eigenvalue weighted by Crippen LogP contribution is 2.22. The molecule has 0 aromatic heterocycles. The summed E-state index contributed by atoms with van der Waals surface area (Å²) < 4.78 is 24.4. The van der Waals surface area contributed by atoms with Crippen molar-refractivity contribution in [2.45, 2.75) is 44.1 Å². The molecule has 2 saturated heterocycles. The number of benzene rings is 1. The van der Waals surface area contributed by atoms with Gasteiger partial charge < -0.3 is 25.2 Å². The molecule has 2 amide bonds. The molecule has 0 saturated carbocycles. The van der Waals surface area contributed by atoms with Gasteiger partial charge in [0.05, 0.1) is 44.9 Å². The normalized spacial score (nSPS) is 24.9. The Hall–Kier alpha value is -2.07. The Morgan fingerprint density at radius 2 is 2.00 bits per heavy atom. The van der Waals surface area contributed by atoms with E-state index in [4.69, 9.17) is 9.47 Å². The Kier molecular flexibility index (Phi) is 8.56. The molecule has 1 aromatic carbocycles. The van der Waals surface area contributed by atoms with E-state index >= 15 is 0 Å². The number of aliphatic hydroxyl groups excluding tert-OH is 1. The number of aliphatic hydroxyl groups is 1. The number of ether oxygens (including phenoxy) is 2. The first kappa shape index (κ1) is 22.6. The number of carbonyl (C=O) groups excluding carboxylic acids is 2. The Balaban J connectivity index is 1.40. The molecule has 0 spiro atoms. The molecule has 3 rings (SSSR count). The molecule has 166 valence electrons. The van der Waals surface area contributed by atoms with Crippen molar-refractivity contribution in [1.29, 1.82) is 0 Å². The zero-order valence-electron chi connectivity index (χ0n) is 17.0. The van der Waals surface area contributed by atoms with E-state index in [1.54, 1.807) is 12.1 Å². The van der Waals surface area contributed by atoms with E-state index in [1.165, 1.54) is 12.1 Å². The van der Waals surface area contributed by atoms with Crippen LogP contribution in [0.3, 0.4) is 0 Å². The molecule has 2 aliphatic heterocycles. The molecule has 1 aromatic rings. The number of rotatable bonds is 8. The molecule has 30 heavy (non-hydrogen) atoms. The lowest BCUT2D eigenvalue weighted by atomic mass is 9.97. The average Bonchev–Trinajstić information content (AvgIpc) is 2.74. The number of nitrogens with one attached hydrogen (secondary N) is 2. The van der Waals surface area contributed by atoms with E-state index < -0.39 is 6.10 Å². The van der Waals surface area contributed by atoms with Crippen LogP contribution >= 0.6 is 0 Å². The number of hydrogen-bond donors (Lipinski definition) is 3. The van der Waals surface area contributed by atoms with Gasteiger partial charge in [-0.2, -0.15) is 0 Å². The van der Waals surface area contributed by atoms with Crippen molar-refractivity contribution in [1.82, 2.24) is 15.5 Å². The van der Waals surface area contributed by atoms with Crippen LogP contribution in [0.2, 0.25) is 0 Å². The summed E-state index contributed by atoms with van der Waals surface area (Å²) in [6, 6.07) is 5.79. The van der Waals surface area contributed by atoms with Crippen molar-refractivity contribution in [2.24, 2.45) is 0 Å². The third-order valence-electron chi connectivity index (χ3n) is 5.40. The largest absolute Gasteiger partial charge is 0.394 e. The van der Waals surface area contributed by atoms with Gasteiger partial charge in [0.1, 0.15) is 11.9 Å². The van der Waals surface area contributed by atoms with Gasteiger partial charge >= 0.3 is 0 Å². The summed E-state index contributed by atoms with van der Waals surface area (Å²) >= 11 is 0. The molecule has 2 aliphatic rings. The summed E-state index contributed by atoms with van der Waals surface area (Å²) in [5.74, 6) is -0.643. The van der Waals surface area contributed by atoms with Gasteiger partial charge in [-0.05, 0) is 30.5 Å².